The summed E-state index contributed by atoms with van der Waals surface area (Å²) in [5, 5.41) is 11.4. The van der Waals surface area contributed by atoms with Gasteiger partial charge in [-0.2, -0.15) is 5.26 Å². The summed E-state index contributed by atoms with van der Waals surface area (Å²) in [6, 6.07) is 12.2. The van der Waals surface area contributed by atoms with Gasteiger partial charge in [-0.1, -0.05) is 11.6 Å². The van der Waals surface area contributed by atoms with Crippen LogP contribution in [0.25, 0.3) is 0 Å². The standard InChI is InChI=1S/C17H15ClN2O3S2/c1-11(17(22)20-13-4-2-12(8-19)3-5-13)23-16(21)10-24-9-14-6-7-15(18)25-14/h2-7,11H,9-10H2,1H3,(H,20,22)/t11-/m1/s1. The molecule has 0 unspecified atom stereocenters. The zero-order valence-corrected chi connectivity index (χ0v) is 15.7. The molecule has 130 valence electrons. The summed E-state index contributed by atoms with van der Waals surface area (Å²) in [5.74, 6) is -0.0503. The largest absolute Gasteiger partial charge is 0.452 e. The van der Waals surface area contributed by atoms with E-state index >= 15 is 0 Å². The van der Waals surface area contributed by atoms with Crippen molar-refractivity contribution in [2.24, 2.45) is 0 Å². The summed E-state index contributed by atoms with van der Waals surface area (Å²) in [6.45, 7) is 1.51. The molecule has 0 aliphatic heterocycles. The monoisotopic (exact) mass is 394 g/mol. The first-order valence-electron chi connectivity index (χ1n) is 7.30. The van der Waals surface area contributed by atoms with Crippen LogP contribution in [0.3, 0.4) is 0 Å². The molecule has 0 fully saturated rings. The Morgan fingerprint density at radius 3 is 2.64 bits per heavy atom. The lowest BCUT2D eigenvalue weighted by molar-refractivity contribution is -0.150. The zero-order valence-electron chi connectivity index (χ0n) is 13.3. The number of carbonyl (C=O) groups excluding carboxylic acids is 2. The van der Waals surface area contributed by atoms with Gasteiger partial charge in [0.05, 0.1) is 21.7 Å². The number of nitriles is 1. The molecule has 1 N–H and O–H groups in total. The van der Waals surface area contributed by atoms with Crippen molar-refractivity contribution in [3.05, 3.63) is 51.2 Å². The Labute approximate surface area is 158 Å². The van der Waals surface area contributed by atoms with Crippen LogP contribution in [0.1, 0.15) is 17.4 Å². The minimum atomic E-state index is -0.903. The van der Waals surface area contributed by atoms with Crippen LogP contribution in [0.4, 0.5) is 5.69 Å². The van der Waals surface area contributed by atoms with Crippen LogP contribution in [0.5, 0.6) is 0 Å². The molecule has 1 atom stereocenters. The highest BCUT2D eigenvalue weighted by atomic mass is 35.5. The molecule has 1 aromatic heterocycles. The number of anilines is 1. The Morgan fingerprint density at radius 2 is 2.04 bits per heavy atom. The third-order valence-electron chi connectivity index (χ3n) is 3.05. The number of nitrogens with one attached hydrogen (secondary N) is 1. The van der Waals surface area contributed by atoms with Gasteiger partial charge in [0.15, 0.2) is 6.10 Å². The van der Waals surface area contributed by atoms with Crippen LogP contribution in [0.15, 0.2) is 36.4 Å². The second-order valence-corrected chi connectivity index (χ2v) is 7.79. The van der Waals surface area contributed by atoms with E-state index < -0.39 is 18.0 Å². The van der Waals surface area contributed by atoms with Crippen molar-refractivity contribution >= 4 is 52.3 Å². The normalized spacial score (nSPS) is 11.4. The number of thiophene rings is 1. The number of benzene rings is 1. The summed E-state index contributed by atoms with van der Waals surface area (Å²) < 4.78 is 5.84. The predicted molar refractivity (Wildman–Crippen MR) is 101 cm³/mol. The van der Waals surface area contributed by atoms with Crippen LogP contribution in [-0.4, -0.2) is 23.7 Å². The van der Waals surface area contributed by atoms with Crippen molar-refractivity contribution in [3.63, 3.8) is 0 Å². The lowest BCUT2D eigenvalue weighted by atomic mass is 10.2. The van der Waals surface area contributed by atoms with Crippen molar-refractivity contribution in [1.29, 1.82) is 5.26 Å². The molecular formula is C17H15ClN2O3S2. The van der Waals surface area contributed by atoms with E-state index in [1.165, 1.54) is 30.0 Å². The van der Waals surface area contributed by atoms with E-state index in [0.29, 0.717) is 21.3 Å². The van der Waals surface area contributed by atoms with Gasteiger partial charge in [-0.05, 0) is 43.3 Å². The topological polar surface area (TPSA) is 79.2 Å². The number of esters is 1. The molecule has 0 aliphatic rings. The van der Waals surface area contributed by atoms with Crippen LogP contribution in [-0.2, 0) is 20.1 Å². The fourth-order valence-corrected chi connectivity index (χ4v) is 3.82. The highest BCUT2D eigenvalue weighted by Gasteiger charge is 2.18. The first-order valence-corrected chi connectivity index (χ1v) is 9.65. The van der Waals surface area contributed by atoms with Gasteiger partial charge in [-0.25, -0.2) is 0 Å². The summed E-state index contributed by atoms with van der Waals surface area (Å²) >= 11 is 8.72. The molecule has 5 nitrogen and oxygen atoms in total. The molecule has 1 heterocycles. The highest BCUT2D eigenvalue weighted by molar-refractivity contribution is 7.99. The molecule has 0 aliphatic carbocycles. The minimum absolute atomic E-state index is 0.157. The van der Waals surface area contributed by atoms with E-state index in [0.717, 1.165) is 4.88 Å². The number of hydrogen-bond donors (Lipinski definition) is 1. The summed E-state index contributed by atoms with van der Waals surface area (Å²) in [6.07, 6.45) is -0.903. The second-order valence-electron chi connectivity index (χ2n) is 5.01. The number of hydrogen-bond acceptors (Lipinski definition) is 6. The van der Waals surface area contributed by atoms with Crippen molar-refractivity contribution in [2.75, 3.05) is 11.1 Å². The maximum Gasteiger partial charge on any atom is 0.316 e. The molecule has 2 rings (SSSR count). The summed E-state index contributed by atoms with van der Waals surface area (Å²) in [5.41, 5.74) is 1.04. The van der Waals surface area contributed by atoms with Crippen LogP contribution in [0.2, 0.25) is 4.34 Å². The summed E-state index contributed by atoms with van der Waals surface area (Å²) in [7, 11) is 0. The Bertz CT molecular complexity index is 784. The average molecular weight is 395 g/mol. The minimum Gasteiger partial charge on any atom is -0.452 e. The van der Waals surface area contributed by atoms with E-state index in [2.05, 4.69) is 5.32 Å². The van der Waals surface area contributed by atoms with Gasteiger partial charge in [-0.3, -0.25) is 9.59 Å². The number of carbonyl (C=O) groups is 2. The Morgan fingerprint density at radius 1 is 1.32 bits per heavy atom. The first-order chi connectivity index (χ1) is 12.0. The smallest absolute Gasteiger partial charge is 0.316 e. The van der Waals surface area contributed by atoms with Gasteiger partial charge in [0.1, 0.15) is 0 Å². The van der Waals surface area contributed by atoms with Gasteiger partial charge in [0.25, 0.3) is 5.91 Å². The number of halogens is 1. The number of ether oxygens (including phenoxy) is 1. The van der Waals surface area contributed by atoms with Crippen molar-refractivity contribution in [3.8, 4) is 6.07 Å². The molecule has 0 spiro atoms. The maximum atomic E-state index is 12.0. The number of nitrogens with zero attached hydrogens (tertiary/aromatic N) is 1. The molecule has 1 aromatic carbocycles. The fraction of sp³-hybridized carbons (Fsp3) is 0.235. The summed E-state index contributed by atoms with van der Waals surface area (Å²) in [4.78, 5) is 24.9. The molecule has 0 radical (unpaired) electrons. The molecule has 8 heteroatoms. The quantitative estimate of drug-likeness (QED) is 0.716. The lowest BCUT2D eigenvalue weighted by Crippen LogP contribution is -2.30. The van der Waals surface area contributed by atoms with Crippen LogP contribution in [0, 0.1) is 11.3 Å². The van der Waals surface area contributed by atoms with E-state index in [-0.39, 0.29) is 5.75 Å². The van der Waals surface area contributed by atoms with Gasteiger partial charge in [-0.15, -0.1) is 23.1 Å². The Balaban J connectivity index is 1.73. The van der Waals surface area contributed by atoms with Crippen molar-refractivity contribution < 1.29 is 14.3 Å². The number of amides is 1. The van der Waals surface area contributed by atoms with Gasteiger partial charge in [0.2, 0.25) is 0 Å². The van der Waals surface area contributed by atoms with E-state index in [1.54, 1.807) is 24.3 Å². The molecule has 0 bridgehead atoms. The van der Waals surface area contributed by atoms with E-state index in [4.69, 9.17) is 21.6 Å². The Hall–Kier alpha value is -2.01. The number of thioether (sulfide) groups is 1. The predicted octanol–water partition coefficient (Wildman–Crippen LogP) is 4.08. The molecule has 1 amide bonds. The molecule has 0 saturated carbocycles. The van der Waals surface area contributed by atoms with Gasteiger partial charge in [0, 0.05) is 16.3 Å². The molecule has 25 heavy (non-hydrogen) atoms. The zero-order chi connectivity index (χ0) is 18.2. The van der Waals surface area contributed by atoms with Crippen LogP contribution < -0.4 is 5.32 Å². The fourth-order valence-electron chi connectivity index (χ4n) is 1.82. The number of rotatable bonds is 7. The molecule has 0 saturated heterocycles. The lowest BCUT2D eigenvalue weighted by Gasteiger charge is -2.13. The van der Waals surface area contributed by atoms with Crippen molar-refractivity contribution in [2.45, 2.75) is 18.8 Å². The molecule has 2 aromatic rings. The van der Waals surface area contributed by atoms with Gasteiger partial charge < -0.3 is 10.1 Å². The highest BCUT2D eigenvalue weighted by Crippen LogP contribution is 2.25. The first kappa shape index (κ1) is 19.3. The average Bonchev–Trinajstić information content (AvgIpc) is 3.00. The Kier molecular flexibility index (Phi) is 7.31. The SMILES string of the molecule is C[C@@H](OC(=O)CSCc1ccc(Cl)s1)C(=O)Nc1ccc(C#N)cc1. The van der Waals surface area contributed by atoms with E-state index in [9.17, 15) is 9.59 Å². The maximum absolute atomic E-state index is 12.0. The third-order valence-corrected chi connectivity index (χ3v) is 5.42. The third kappa shape index (κ3) is 6.42. The van der Waals surface area contributed by atoms with Gasteiger partial charge >= 0.3 is 5.97 Å². The van der Waals surface area contributed by atoms with Crippen molar-refractivity contribution in [1.82, 2.24) is 0 Å². The molecular weight excluding hydrogens is 380 g/mol. The van der Waals surface area contributed by atoms with E-state index in [1.807, 2.05) is 18.2 Å². The van der Waals surface area contributed by atoms with Crippen LogP contribution >= 0.6 is 34.7 Å². The second kappa shape index (κ2) is 9.47.